The van der Waals surface area contributed by atoms with Gasteiger partial charge in [0.1, 0.15) is 0 Å². The van der Waals surface area contributed by atoms with Gasteiger partial charge in [0, 0.05) is 6.08 Å². The van der Waals surface area contributed by atoms with Gasteiger partial charge in [0.2, 0.25) is 0 Å². The normalized spacial score (nSPS) is 24.8. The van der Waals surface area contributed by atoms with Crippen molar-refractivity contribution in [2.24, 2.45) is 23.7 Å². The van der Waals surface area contributed by atoms with Crippen LogP contribution in [0.3, 0.4) is 0 Å². The SMILES string of the molecule is C=CC(=O)OCCCCCCOC(=O)C1CCC(C2CCC(CCCCC)CC2)CC1.CC. The molecule has 0 aromatic heterocycles. The van der Waals surface area contributed by atoms with Crippen LogP contribution in [-0.2, 0) is 19.1 Å². The van der Waals surface area contributed by atoms with E-state index in [1.807, 2.05) is 13.8 Å². The molecule has 0 radical (unpaired) electrons. The number of carbonyl (C=O) groups is 2. The Hall–Kier alpha value is -1.32. The summed E-state index contributed by atoms with van der Waals surface area (Å²) in [7, 11) is 0. The highest BCUT2D eigenvalue weighted by Crippen LogP contribution is 2.42. The molecule has 0 atom stereocenters. The molecule has 0 bridgehead atoms. The van der Waals surface area contributed by atoms with Crippen molar-refractivity contribution in [2.75, 3.05) is 13.2 Å². The van der Waals surface area contributed by atoms with Crippen LogP contribution in [0.25, 0.3) is 0 Å². The van der Waals surface area contributed by atoms with Crippen molar-refractivity contribution in [3.8, 4) is 0 Å². The molecule has 2 fully saturated rings. The standard InChI is InChI=1S/C27H46O4.C2H6/c1-3-5-8-11-22-12-14-23(15-13-22)24-16-18-25(19-17-24)27(29)31-21-10-7-6-9-20-30-26(28)4-2;1-2/h4,22-25H,2-3,5-21H2,1H3;1-2H3. The van der Waals surface area contributed by atoms with E-state index in [9.17, 15) is 9.59 Å². The van der Waals surface area contributed by atoms with Crippen molar-refractivity contribution in [3.63, 3.8) is 0 Å². The molecule has 192 valence electrons. The molecule has 2 rings (SSSR count). The number of esters is 2. The largest absolute Gasteiger partial charge is 0.465 e. The molecule has 0 spiro atoms. The summed E-state index contributed by atoms with van der Waals surface area (Å²) in [6.45, 7) is 10.6. The highest BCUT2D eigenvalue weighted by atomic mass is 16.5. The maximum atomic E-state index is 12.4. The van der Waals surface area contributed by atoms with Crippen LogP contribution in [0.2, 0.25) is 0 Å². The third-order valence-corrected chi connectivity index (χ3v) is 7.57. The molecule has 0 heterocycles. The monoisotopic (exact) mass is 464 g/mol. The second kappa shape index (κ2) is 19.0. The van der Waals surface area contributed by atoms with E-state index in [2.05, 4.69) is 13.5 Å². The van der Waals surface area contributed by atoms with Crippen molar-refractivity contribution in [2.45, 2.75) is 124 Å². The third kappa shape index (κ3) is 12.6. The Bertz CT molecular complexity index is 514. The van der Waals surface area contributed by atoms with Gasteiger partial charge >= 0.3 is 11.9 Å². The van der Waals surface area contributed by atoms with Crippen LogP contribution in [0.5, 0.6) is 0 Å². The zero-order chi connectivity index (χ0) is 24.3. The van der Waals surface area contributed by atoms with Gasteiger partial charge in [-0.25, -0.2) is 4.79 Å². The van der Waals surface area contributed by atoms with Gasteiger partial charge < -0.3 is 9.47 Å². The third-order valence-electron chi connectivity index (χ3n) is 7.57. The molecule has 0 aromatic rings. The molecular formula is C29H52O4. The summed E-state index contributed by atoms with van der Waals surface area (Å²) in [5.74, 6) is 2.52. The first-order valence-corrected chi connectivity index (χ1v) is 14.1. The molecular weight excluding hydrogens is 412 g/mol. The summed E-state index contributed by atoms with van der Waals surface area (Å²) in [5, 5.41) is 0. The Morgan fingerprint density at radius 3 is 1.85 bits per heavy atom. The van der Waals surface area contributed by atoms with Crippen LogP contribution >= 0.6 is 0 Å². The lowest BCUT2D eigenvalue weighted by atomic mass is 9.68. The average Bonchev–Trinajstić information content (AvgIpc) is 2.87. The molecule has 4 nitrogen and oxygen atoms in total. The summed E-state index contributed by atoms with van der Waals surface area (Å²) in [5.41, 5.74) is 0. The van der Waals surface area contributed by atoms with Gasteiger partial charge in [0.05, 0.1) is 19.1 Å². The van der Waals surface area contributed by atoms with Crippen LogP contribution in [0.1, 0.15) is 124 Å². The highest BCUT2D eigenvalue weighted by Gasteiger charge is 2.33. The van der Waals surface area contributed by atoms with E-state index in [1.165, 1.54) is 70.3 Å². The Morgan fingerprint density at radius 2 is 1.30 bits per heavy atom. The van der Waals surface area contributed by atoms with E-state index < -0.39 is 0 Å². The average molecular weight is 465 g/mol. The number of ether oxygens (including phenoxy) is 2. The van der Waals surface area contributed by atoms with Crippen LogP contribution < -0.4 is 0 Å². The van der Waals surface area contributed by atoms with Crippen molar-refractivity contribution >= 4 is 11.9 Å². The molecule has 33 heavy (non-hydrogen) atoms. The smallest absolute Gasteiger partial charge is 0.330 e. The molecule has 0 N–H and O–H groups in total. The topological polar surface area (TPSA) is 52.6 Å². The molecule has 4 heteroatoms. The summed E-state index contributed by atoms with van der Waals surface area (Å²) < 4.78 is 10.5. The van der Waals surface area contributed by atoms with Crippen LogP contribution in [0, 0.1) is 23.7 Å². The fourth-order valence-electron chi connectivity index (χ4n) is 5.54. The highest BCUT2D eigenvalue weighted by molar-refractivity contribution is 5.81. The van der Waals surface area contributed by atoms with Crippen molar-refractivity contribution in [3.05, 3.63) is 12.7 Å². The van der Waals surface area contributed by atoms with E-state index in [-0.39, 0.29) is 17.9 Å². The maximum absolute atomic E-state index is 12.4. The Kier molecular flexibility index (Phi) is 17.1. The lowest BCUT2D eigenvalue weighted by Gasteiger charge is -2.37. The van der Waals surface area contributed by atoms with E-state index >= 15 is 0 Å². The lowest BCUT2D eigenvalue weighted by molar-refractivity contribution is -0.150. The van der Waals surface area contributed by atoms with Gasteiger partial charge in [-0.15, -0.1) is 0 Å². The number of unbranched alkanes of at least 4 members (excludes halogenated alkanes) is 5. The van der Waals surface area contributed by atoms with E-state index in [0.717, 1.165) is 56.3 Å². The fourth-order valence-corrected chi connectivity index (χ4v) is 5.54. The Morgan fingerprint density at radius 1 is 0.758 bits per heavy atom. The molecule has 2 aliphatic carbocycles. The van der Waals surface area contributed by atoms with Gasteiger partial charge in [0.15, 0.2) is 0 Å². The minimum Gasteiger partial charge on any atom is -0.465 e. The van der Waals surface area contributed by atoms with Crippen LogP contribution in [-0.4, -0.2) is 25.2 Å². The fraction of sp³-hybridized carbons (Fsp3) is 0.862. The lowest BCUT2D eigenvalue weighted by Crippen LogP contribution is -2.29. The number of hydrogen-bond acceptors (Lipinski definition) is 4. The molecule has 0 aliphatic heterocycles. The van der Waals surface area contributed by atoms with Gasteiger partial charge in [-0.1, -0.05) is 65.9 Å². The molecule has 0 unspecified atom stereocenters. The molecule has 2 saturated carbocycles. The second-order valence-corrected chi connectivity index (χ2v) is 9.84. The predicted molar refractivity (Wildman–Crippen MR) is 137 cm³/mol. The van der Waals surface area contributed by atoms with Crippen LogP contribution in [0.4, 0.5) is 0 Å². The van der Waals surface area contributed by atoms with E-state index in [1.54, 1.807) is 0 Å². The summed E-state index contributed by atoms with van der Waals surface area (Å²) >= 11 is 0. The van der Waals surface area contributed by atoms with Gasteiger partial charge in [-0.3, -0.25) is 4.79 Å². The minimum atomic E-state index is -0.362. The maximum Gasteiger partial charge on any atom is 0.330 e. The number of carbonyl (C=O) groups excluding carboxylic acids is 2. The van der Waals surface area contributed by atoms with Gasteiger partial charge in [-0.05, 0) is 82.0 Å². The summed E-state index contributed by atoms with van der Waals surface area (Å²) in [6, 6.07) is 0. The first-order chi connectivity index (χ1) is 16.1. The minimum absolute atomic E-state index is 0.0259. The molecule has 0 aromatic carbocycles. The summed E-state index contributed by atoms with van der Waals surface area (Å²) in [4.78, 5) is 23.3. The van der Waals surface area contributed by atoms with Crippen molar-refractivity contribution in [1.82, 2.24) is 0 Å². The predicted octanol–water partition coefficient (Wildman–Crippen LogP) is 8.04. The van der Waals surface area contributed by atoms with Gasteiger partial charge in [0.25, 0.3) is 0 Å². The first-order valence-electron chi connectivity index (χ1n) is 14.1. The zero-order valence-corrected chi connectivity index (χ0v) is 22.0. The van der Waals surface area contributed by atoms with E-state index in [0.29, 0.717) is 13.2 Å². The second-order valence-electron chi connectivity index (χ2n) is 9.84. The Labute approximate surface area is 204 Å². The number of hydrogen-bond donors (Lipinski definition) is 0. The van der Waals surface area contributed by atoms with Crippen molar-refractivity contribution in [1.29, 1.82) is 0 Å². The molecule has 0 saturated heterocycles. The molecule has 0 amide bonds. The zero-order valence-electron chi connectivity index (χ0n) is 22.0. The van der Waals surface area contributed by atoms with Crippen molar-refractivity contribution < 1.29 is 19.1 Å². The first kappa shape index (κ1) is 29.7. The quantitative estimate of drug-likeness (QED) is 0.148. The molecule has 2 aliphatic rings. The Balaban J connectivity index is 0.00000265. The number of rotatable bonds is 14. The van der Waals surface area contributed by atoms with Crippen LogP contribution in [0.15, 0.2) is 12.7 Å². The van der Waals surface area contributed by atoms with E-state index in [4.69, 9.17) is 9.47 Å². The van der Waals surface area contributed by atoms with Gasteiger partial charge in [-0.2, -0.15) is 0 Å². The summed E-state index contributed by atoms with van der Waals surface area (Å²) in [6.07, 6.45) is 20.7.